The van der Waals surface area contributed by atoms with Gasteiger partial charge in [0.1, 0.15) is 5.75 Å². The second-order valence-corrected chi connectivity index (χ2v) is 7.94. The van der Waals surface area contributed by atoms with Gasteiger partial charge in [0.2, 0.25) is 15.9 Å². The van der Waals surface area contributed by atoms with Crippen molar-refractivity contribution >= 4 is 21.6 Å². The van der Waals surface area contributed by atoms with Gasteiger partial charge < -0.3 is 10.1 Å². The van der Waals surface area contributed by atoms with Gasteiger partial charge in [-0.15, -0.1) is 13.2 Å². The molecule has 0 saturated carbocycles. The third kappa shape index (κ3) is 5.96. The van der Waals surface area contributed by atoms with Crippen molar-refractivity contribution < 1.29 is 31.1 Å². The number of hydrogen-bond acceptors (Lipinski definition) is 4. The van der Waals surface area contributed by atoms with Crippen molar-refractivity contribution in [2.45, 2.75) is 32.0 Å². The van der Waals surface area contributed by atoms with E-state index in [1.807, 2.05) is 32.9 Å². The predicted molar refractivity (Wildman–Crippen MR) is 97.6 cm³/mol. The second kappa shape index (κ2) is 8.19. The number of rotatable bonds is 6. The van der Waals surface area contributed by atoms with Crippen LogP contribution in [0.2, 0.25) is 0 Å². The summed E-state index contributed by atoms with van der Waals surface area (Å²) in [6, 6.07) is 7.65. The Morgan fingerprint density at radius 3 is 2.25 bits per heavy atom. The van der Waals surface area contributed by atoms with E-state index < -0.39 is 39.5 Å². The maximum atomic E-state index is 12.3. The van der Waals surface area contributed by atoms with Gasteiger partial charge in [-0.05, 0) is 44.0 Å². The molecule has 152 valence electrons. The smallest absolute Gasteiger partial charge is 0.406 e. The number of carbonyl (C=O) groups excluding carboxylic acids is 1. The number of alkyl halides is 3. The lowest BCUT2D eigenvalue weighted by Gasteiger charge is -2.14. The second-order valence-electron chi connectivity index (χ2n) is 6.17. The number of anilines is 1. The van der Waals surface area contributed by atoms with E-state index in [1.54, 1.807) is 0 Å². The maximum Gasteiger partial charge on any atom is 0.573 e. The van der Waals surface area contributed by atoms with Gasteiger partial charge in [0.25, 0.3) is 0 Å². The van der Waals surface area contributed by atoms with Gasteiger partial charge in [-0.3, -0.25) is 4.79 Å². The molecule has 0 radical (unpaired) electrons. The van der Waals surface area contributed by atoms with E-state index in [1.165, 1.54) is 0 Å². The third-order valence-corrected chi connectivity index (χ3v) is 5.11. The van der Waals surface area contributed by atoms with Crippen LogP contribution in [0, 0.1) is 20.8 Å². The zero-order valence-electron chi connectivity index (χ0n) is 15.3. The molecule has 0 aliphatic carbocycles. The van der Waals surface area contributed by atoms with Crippen LogP contribution < -0.4 is 14.8 Å². The number of halogens is 3. The summed E-state index contributed by atoms with van der Waals surface area (Å²) < 4.78 is 67.1. The lowest BCUT2D eigenvalue weighted by Crippen LogP contribution is -2.33. The highest BCUT2D eigenvalue weighted by atomic mass is 32.2. The molecule has 0 spiro atoms. The van der Waals surface area contributed by atoms with Crippen molar-refractivity contribution in [1.82, 2.24) is 4.72 Å². The van der Waals surface area contributed by atoms with Crippen LogP contribution in [0.3, 0.4) is 0 Å². The van der Waals surface area contributed by atoms with Crippen LogP contribution in [-0.2, 0) is 14.8 Å². The Morgan fingerprint density at radius 2 is 1.68 bits per heavy atom. The molecule has 6 nitrogen and oxygen atoms in total. The Kier molecular flexibility index (Phi) is 6.35. The lowest BCUT2D eigenvalue weighted by atomic mass is 10.1. The van der Waals surface area contributed by atoms with Crippen LogP contribution in [-0.4, -0.2) is 27.2 Å². The van der Waals surface area contributed by atoms with Crippen LogP contribution in [0.15, 0.2) is 41.3 Å². The first-order chi connectivity index (χ1) is 12.9. The first kappa shape index (κ1) is 21.7. The number of carbonyl (C=O) groups is 1. The third-order valence-electron chi connectivity index (χ3n) is 3.71. The highest BCUT2D eigenvalue weighted by Crippen LogP contribution is 2.25. The van der Waals surface area contributed by atoms with Gasteiger partial charge in [0.05, 0.1) is 11.4 Å². The Morgan fingerprint density at radius 1 is 1.07 bits per heavy atom. The topological polar surface area (TPSA) is 84.5 Å². The molecule has 0 bridgehead atoms. The molecular weight excluding hydrogens is 397 g/mol. The normalized spacial score (nSPS) is 11.9. The summed E-state index contributed by atoms with van der Waals surface area (Å²) in [5.41, 5.74) is 3.25. The summed E-state index contributed by atoms with van der Waals surface area (Å²) >= 11 is 0. The van der Waals surface area contributed by atoms with E-state index in [0.29, 0.717) is 5.69 Å². The van der Waals surface area contributed by atoms with E-state index in [2.05, 4.69) is 14.8 Å². The van der Waals surface area contributed by atoms with E-state index in [9.17, 15) is 26.4 Å². The summed E-state index contributed by atoms with van der Waals surface area (Å²) in [5.74, 6) is -1.29. The highest BCUT2D eigenvalue weighted by Gasteiger charge is 2.31. The molecule has 0 heterocycles. The summed E-state index contributed by atoms with van der Waals surface area (Å²) in [7, 11) is -4.21. The molecule has 0 atom stereocenters. The van der Waals surface area contributed by atoms with Crippen LogP contribution in [0.4, 0.5) is 18.9 Å². The Labute approximate surface area is 160 Å². The van der Waals surface area contributed by atoms with Gasteiger partial charge >= 0.3 is 6.36 Å². The molecule has 2 N–H and O–H groups in total. The van der Waals surface area contributed by atoms with Crippen LogP contribution >= 0.6 is 0 Å². The molecule has 0 aromatic heterocycles. The number of hydrogen-bond donors (Lipinski definition) is 2. The monoisotopic (exact) mass is 416 g/mol. The minimum absolute atomic E-state index is 0.454. The van der Waals surface area contributed by atoms with Gasteiger partial charge in [0, 0.05) is 11.8 Å². The number of amides is 1. The molecule has 1 amide bonds. The number of sulfonamides is 1. The SMILES string of the molecule is Cc1cc(C)c(NC(=O)CNS(=O)(=O)c2cccc(OC(F)(F)F)c2)c(C)c1. The molecule has 0 fully saturated rings. The molecule has 0 saturated heterocycles. The van der Waals surface area contributed by atoms with E-state index in [4.69, 9.17) is 0 Å². The molecule has 2 aromatic carbocycles. The molecule has 0 unspecified atom stereocenters. The fourth-order valence-corrected chi connectivity index (χ4v) is 3.66. The fraction of sp³-hybridized carbons (Fsp3) is 0.278. The van der Waals surface area contributed by atoms with Crippen LogP contribution in [0.5, 0.6) is 5.75 Å². The first-order valence-corrected chi connectivity index (χ1v) is 9.59. The van der Waals surface area contributed by atoms with Gasteiger partial charge in [0.15, 0.2) is 0 Å². The Hall–Kier alpha value is -2.59. The molecule has 0 aliphatic heterocycles. The highest BCUT2D eigenvalue weighted by molar-refractivity contribution is 7.89. The van der Waals surface area contributed by atoms with Crippen molar-refractivity contribution in [3.63, 3.8) is 0 Å². The number of ether oxygens (including phenoxy) is 1. The van der Waals surface area contributed by atoms with Crippen molar-refractivity contribution in [1.29, 1.82) is 0 Å². The van der Waals surface area contributed by atoms with Gasteiger partial charge in [-0.2, -0.15) is 0 Å². The summed E-state index contributed by atoms with van der Waals surface area (Å²) in [4.78, 5) is 11.7. The van der Waals surface area contributed by atoms with E-state index in [0.717, 1.165) is 41.0 Å². The quantitative estimate of drug-likeness (QED) is 0.756. The predicted octanol–water partition coefficient (Wildman–Crippen LogP) is 3.43. The minimum atomic E-state index is -4.94. The van der Waals surface area contributed by atoms with E-state index >= 15 is 0 Å². The number of aryl methyl sites for hydroxylation is 3. The fourth-order valence-electron chi connectivity index (χ4n) is 2.64. The van der Waals surface area contributed by atoms with Crippen molar-refractivity contribution in [3.05, 3.63) is 53.1 Å². The molecule has 28 heavy (non-hydrogen) atoms. The number of nitrogens with one attached hydrogen (secondary N) is 2. The van der Waals surface area contributed by atoms with Crippen molar-refractivity contribution in [2.24, 2.45) is 0 Å². The zero-order chi connectivity index (χ0) is 21.1. The average molecular weight is 416 g/mol. The van der Waals surface area contributed by atoms with Gasteiger partial charge in [-0.1, -0.05) is 23.8 Å². The summed E-state index contributed by atoms with van der Waals surface area (Å²) in [6.07, 6.45) is -4.94. The molecule has 0 aliphatic rings. The Bertz CT molecular complexity index is 966. The maximum absolute atomic E-state index is 12.3. The molecule has 2 rings (SSSR count). The van der Waals surface area contributed by atoms with Gasteiger partial charge in [-0.25, -0.2) is 13.1 Å². The molecule has 10 heteroatoms. The first-order valence-electron chi connectivity index (χ1n) is 8.10. The molecule has 2 aromatic rings. The lowest BCUT2D eigenvalue weighted by molar-refractivity contribution is -0.274. The van der Waals surface area contributed by atoms with Crippen molar-refractivity contribution in [2.75, 3.05) is 11.9 Å². The Balaban J connectivity index is 2.07. The summed E-state index contributed by atoms with van der Waals surface area (Å²) in [5, 5.41) is 2.63. The number of benzene rings is 2. The largest absolute Gasteiger partial charge is 0.573 e. The standard InChI is InChI=1S/C18H19F3N2O4S/c1-11-7-12(2)17(13(3)8-11)23-16(24)10-22-28(25,26)15-6-4-5-14(9-15)27-18(19,20)21/h4-9,22H,10H2,1-3H3,(H,23,24). The van der Waals surface area contributed by atoms with E-state index in [-0.39, 0.29) is 0 Å². The van der Waals surface area contributed by atoms with Crippen molar-refractivity contribution in [3.8, 4) is 5.75 Å². The zero-order valence-corrected chi connectivity index (χ0v) is 16.2. The summed E-state index contributed by atoms with van der Waals surface area (Å²) in [6.45, 7) is 4.95. The minimum Gasteiger partial charge on any atom is -0.406 e. The van der Waals surface area contributed by atoms with Crippen LogP contribution in [0.1, 0.15) is 16.7 Å². The van der Waals surface area contributed by atoms with Crippen LogP contribution in [0.25, 0.3) is 0 Å². The average Bonchev–Trinajstić information content (AvgIpc) is 2.55. The molecular formula is C18H19F3N2O4S.